The van der Waals surface area contributed by atoms with Gasteiger partial charge in [-0.05, 0) is 61.7 Å². The molecule has 1 aromatic carbocycles. The summed E-state index contributed by atoms with van der Waals surface area (Å²) in [6, 6.07) is 10.8. The summed E-state index contributed by atoms with van der Waals surface area (Å²) in [5.74, 6) is 1.25. The number of thiophene rings is 1. The summed E-state index contributed by atoms with van der Waals surface area (Å²) in [5, 5.41) is 8.82. The second kappa shape index (κ2) is 10.2. The van der Waals surface area contributed by atoms with E-state index in [9.17, 15) is 8.42 Å². The Morgan fingerprint density at radius 2 is 1.90 bits per heavy atom. The van der Waals surface area contributed by atoms with Crippen LogP contribution in [0.2, 0.25) is 0 Å². The van der Waals surface area contributed by atoms with Gasteiger partial charge >= 0.3 is 0 Å². The van der Waals surface area contributed by atoms with Crippen LogP contribution in [-0.2, 0) is 16.6 Å². The third-order valence-corrected chi connectivity index (χ3v) is 8.13. The van der Waals surface area contributed by atoms with Crippen molar-refractivity contribution in [3.05, 3.63) is 52.2 Å². The smallest absolute Gasteiger partial charge is 0.243 e. The van der Waals surface area contributed by atoms with Crippen molar-refractivity contribution in [1.29, 1.82) is 0 Å². The van der Waals surface area contributed by atoms with Gasteiger partial charge in [-0.25, -0.2) is 13.4 Å². The van der Waals surface area contributed by atoms with Crippen molar-refractivity contribution < 1.29 is 8.42 Å². The van der Waals surface area contributed by atoms with Gasteiger partial charge in [-0.1, -0.05) is 18.2 Å². The highest BCUT2D eigenvalue weighted by Crippen LogP contribution is 2.23. The van der Waals surface area contributed by atoms with Crippen LogP contribution in [-0.4, -0.2) is 44.9 Å². The van der Waals surface area contributed by atoms with Crippen molar-refractivity contribution in [2.24, 2.45) is 10.9 Å². The van der Waals surface area contributed by atoms with E-state index in [1.54, 1.807) is 39.9 Å². The molecule has 0 spiro atoms. The van der Waals surface area contributed by atoms with Gasteiger partial charge in [0.25, 0.3) is 0 Å². The fourth-order valence-corrected chi connectivity index (χ4v) is 5.72. The van der Waals surface area contributed by atoms with Crippen LogP contribution in [0.1, 0.15) is 30.2 Å². The predicted octanol–water partition coefficient (Wildman–Crippen LogP) is 3.21. The van der Waals surface area contributed by atoms with Gasteiger partial charge in [0.15, 0.2) is 5.96 Å². The number of benzene rings is 1. The van der Waals surface area contributed by atoms with E-state index < -0.39 is 10.0 Å². The first-order valence-corrected chi connectivity index (χ1v) is 12.4. The molecular formula is C21H30N4O2S2. The topological polar surface area (TPSA) is 73.8 Å². The van der Waals surface area contributed by atoms with Crippen molar-refractivity contribution in [2.45, 2.75) is 38.1 Å². The Balaban J connectivity index is 1.51. The summed E-state index contributed by atoms with van der Waals surface area (Å²) in [6.07, 6.45) is 1.70. The standard InChI is InChI=1S/C21H30N4O2S2/c1-3-22-21(24-16-20-17(2)11-14-28-20)23-15-18-9-12-25(13-10-18)29(26,27)19-7-5-4-6-8-19/h4-8,11,14,18H,3,9-10,12-13,15-16H2,1-2H3,(H2,22,23,24). The average Bonchev–Trinajstić information content (AvgIpc) is 3.16. The Hall–Kier alpha value is -1.90. The summed E-state index contributed by atoms with van der Waals surface area (Å²) in [4.78, 5) is 6.35. The maximum atomic E-state index is 12.8. The molecule has 1 fully saturated rings. The minimum atomic E-state index is -3.39. The van der Waals surface area contributed by atoms with Crippen LogP contribution >= 0.6 is 11.3 Å². The van der Waals surface area contributed by atoms with Crippen LogP contribution in [0.5, 0.6) is 0 Å². The van der Waals surface area contributed by atoms with Crippen LogP contribution in [0.3, 0.4) is 0 Å². The van der Waals surface area contributed by atoms with Crippen LogP contribution in [0, 0.1) is 12.8 Å². The van der Waals surface area contributed by atoms with Gasteiger partial charge in [0.05, 0.1) is 11.4 Å². The van der Waals surface area contributed by atoms with Crippen LogP contribution in [0.25, 0.3) is 0 Å². The van der Waals surface area contributed by atoms with Crippen molar-refractivity contribution in [1.82, 2.24) is 14.9 Å². The van der Waals surface area contributed by atoms with Gasteiger partial charge < -0.3 is 10.6 Å². The lowest BCUT2D eigenvalue weighted by Crippen LogP contribution is -2.44. The fourth-order valence-electron chi connectivity index (χ4n) is 3.39. The van der Waals surface area contributed by atoms with E-state index in [1.165, 1.54) is 10.4 Å². The number of hydrogen-bond donors (Lipinski definition) is 2. The zero-order valence-corrected chi connectivity index (χ0v) is 18.7. The van der Waals surface area contributed by atoms with Gasteiger partial charge in [0, 0.05) is 31.1 Å². The summed E-state index contributed by atoms with van der Waals surface area (Å²) in [6.45, 7) is 7.57. The van der Waals surface area contributed by atoms with Gasteiger partial charge in [0.2, 0.25) is 10.0 Å². The molecule has 0 bridgehead atoms. The quantitative estimate of drug-likeness (QED) is 0.518. The van der Waals surface area contributed by atoms with Crippen LogP contribution in [0.4, 0.5) is 0 Å². The number of rotatable bonds is 7. The van der Waals surface area contributed by atoms with Gasteiger partial charge in [-0.3, -0.25) is 0 Å². The van der Waals surface area contributed by atoms with Crippen molar-refractivity contribution >= 4 is 27.3 Å². The molecule has 1 aromatic heterocycles. The molecule has 0 radical (unpaired) electrons. The van der Waals surface area contributed by atoms with Crippen molar-refractivity contribution in [3.63, 3.8) is 0 Å². The predicted molar refractivity (Wildman–Crippen MR) is 120 cm³/mol. The zero-order chi connectivity index (χ0) is 20.7. The maximum Gasteiger partial charge on any atom is 0.243 e. The molecule has 1 saturated heterocycles. The molecule has 1 aliphatic heterocycles. The van der Waals surface area contributed by atoms with E-state index in [0.717, 1.165) is 31.9 Å². The summed E-state index contributed by atoms with van der Waals surface area (Å²) in [5.41, 5.74) is 1.28. The first-order chi connectivity index (χ1) is 14.0. The molecule has 3 rings (SSSR count). The number of nitrogens with one attached hydrogen (secondary N) is 2. The summed E-state index contributed by atoms with van der Waals surface area (Å²) in [7, 11) is -3.39. The highest BCUT2D eigenvalue weighted by atomic mass is 32.2. The Kier molecular flexibility index (Phi) is 7.69. The van der Waals surface area contributed by atoms with Gasteiger partial charge in [-0.15, -0.1) is 11.3 Å². The average molecular weight is 435 g/mol. The minimum absolute atomic E-state index is 0.377. The van der Waals surface area contributed by atoms with E-state index in [0.29, 0.717) is 30.4 Å². The Labute approximate surface area is 178 Å². The van der Waals surface area contributed by atoms with Crippen LogP contribution in [0.15, 0.2) is 51.7 Å². The highest BCUT2D eigenvalue weighted by Gasteiger charge is 2.29. The summed E-state index contributed by atoms with van der Waals surface area (Å²) < 4.78 is 27.1. The van der Waals surface area contributed by atoms with E-state index in [4.69, 9.17) is 4.99 Å². The zero-order valence-electron chi connectivity index (χ0n) is 17.1. The Bertz CT molecular complexity index is 902. The van der Waals surface area contributed by atoms with E-state index in [-0.39, 0.29) is 0 Å². The fraction of sp³-hybridized carbons (Fsp3) is 0.476. The molecule has 2 heterocycles. The third kappa shape index (κ3) is 5.81. The number of piperidine rings is 1. The molecule has 0 unspecified atom stereocenters. The molecule has 29 heavy (non-hydrogen) atoms. The minimum Gasteiger partial charge on any atom is -0.357 e. The molecule has 0 amide bonds. The maximum absolute atomic E-state index is 12.8. The van der Waals surface area contributed by atoms with Crippen molar-refractivity contribution in [2.75, 3.05) is 26.2 Å². The number of aryl methyl sites for hydroxylation is 1. The van der Waals surface area contributed by atoms with Crippen molar-refractivity contribution in [3.8, 4) is 0 Å². The first-order valence-electron chi connectivity index (χ1n) is 10.1. The van der Waals surface area contributed by atoms with E-state index >= 15 is 0 Å². The monoisotopic (exact) mass is 434 g/mol. The third-order valence-electron chi connectivity index (χ3n) is 5.21. The summed E-state index contributed by atoms with van der Waals surface area (Å²) >= 11 is 1.73. The number of sulfonamides is 1. The molecule has 0 aliphatic carbocycles. The van der Waals surface area contributed by atoms with Gasteiger partial charge in [0.1, 0.15) is 0 Å². The second-order valence-corrected chi connectivity index (χ2v) is 10.2. The Morgan fingerprint density at radius 3 is 2.52 bits per heavy atom. The second-order valence-electron chi connectivity index (χ2n) is 7.26. The molecule has 6 nitrogen and oxygen atoms in total. The highest BCUT2D eigenvalue weighted by molar-refractivity contribution is 7.89. The lowest BCUT2D eigenvalue weighted by atomic mass is 9.98. The molecule has 2 aromatic rings. The largest absolute Gasteiger partial charge is 0.357 e. The Morgan fingerprint density at radius 1 is 1.17 bits per heavy atom. The molecule has 0 atom stereocenters. The molecule has 158 valence electrons. The van der Waals surface area contributed by atoms with Gasteiger partial charge in [-0.2, -0.15) is 4.31 Å². The molecule has 0 saturated carbocycles. The number of nitrogens with zero attached hydrogens (tertiary/aromatic N) is 2. The first kappa shape index (κ1) is 21.8. The molecule has 8 heteroatoms. The normalized spacial score (nSPS) is 16.7. The van der Waals surface area contributed by atoms with E-state index in [1.807, 2.05) is 6.07 Å². The van der Waals surface area contributed by atoms with Crippen LogP contribution < -0.4 is 10.6 Å². The molecule has 1 aliphatic rings. The van der Waals surface area contributed by atoms with E-state index in [2.05, 4.69) is 35.9 Å². The lowest BCUT2D eigenvalue weighted by molar-refractivity contribution is 0.273. The number of guanidine groups is 1. The number of aliphatic imine (C=N–C) groups is 1. The molecule has 2 N–H and O–H groups in total. The lowest BCUT2D eigenvalue weighted by Gasteiger charge is -2.31. The molecular weight excluding hydrogens is 404 g/mol. The number of hydrogen-bond acceptors (Lipinski definition) is 4. The SMILES string of the molecule is CCNC(=NCc1sccc1C)NCC1CCN(S(=O)(=O)c2ccccc2)CC1.